The maximum absolute atomic E-state index is 13.6. The maximum Gasteiger partial charge on any atom is 0.248 e. The van der Waals surface area contributed by atoms with Crippen molar-refractivity contribution in [3.05, 3.63) is 65.0 Å². The van der Waals surface area contributed by atoms with Crippen LogP contribution in [0.15, 0.2) is 42.5 Å². The molecule has 0 atom stereocenters. The molecule has 2 aliphatic carbocycles. The van der Waals surface area contributed by atoms with Gasteiger partial charge >= 0.3 is 0 Å². The van der Waals surface area contributed by atoms with E-state index in [4.69, 9.17) is 0 Å². The van der Waals surface area contributed by atoms with E-state index in [1.54, 1.807) is 6.07 Å². The number of rotatable bonds is 14. The van der Waals surface area contributed by atoms with Crippen LogP contribution in [0.2, 0.25) is 0 Å². The number of phenols is 1. The van der Waals surface area contributed by atoms with E-state index < -0.39 is 15.8 Å². The third-order valence-electron chi connectivity index (χ3n) is 8.88. The van der Waals surface area contributed by atoms with Gasteiger partial charge in [-0.1, -0.05) is 31.0 Å². The zero-order chi connectivity index (χ0) is 30.2. The Balaban J connectivity index is 1.20. The fraction of sp³-hybridized carbons (Fsp3) is 0.588. The summed E-state index contributed by atoms with van der Waals surface area (Å²) in [6, 6.07) is 12.4. The topological polar surface area (TPSA) is 57.6 Å². The monoisotopic (exact) mass is 605 g/mol. The molecular weight excluding hydrogens is 559 g/mol. The molecule has 2 aliphatic rings. The Morgan fingerprint density at radius 1 is 0.929 bits per heavy atom. The van der Waals surface area contributed by atoms with Crippen molar-refractivity contribution < 1.29 is 26.7 Å². The summed E-state index contributed by atoms with van der Waals surface area (Å²) in [5.74, 6) is -2.54. The van der Waals surface area contributed by atoms with Crippen LogP contribution in [0.25, 0.3) is 11.1 Å². The van der Waals surface area contributed by atoms with Crippen LogP contribution < -0.4 is 0 Å². The lowest BCUT2D eigenvalue weighted by atomic mass is 9.88. The van der Waals surface area contributed by atoms with Crippen molar-refractivity contribution in [1.29, 1.82) is 0 Å². The number of hydrogen-bond acceptors (Lipinski definition) is 4. The molecular formula is C34H46F3NO3S. The highest BCUT2D eigenvalue weighted by Gasteiger charge is 2.36. The summed E-state index contributed by atoms with van der Waals surface area (Å²) in [4.78, 5) is 2.18. The van der Waals surface area contributed by atoms with Gasteiger partial charge in [-0.2, -0.15) is 0 Å². The van der Waals surface area contributed by atoms with E-state index in [1.807, 2.05) is 31.3 Å². The molecule has 2 aromatic carbocycles. The molecule has 0 aromatic heterocycles. The molecule has 0 heterocycles. The predicted octanol–water partition coefficient (Wildman–Crippen LogP) is 8.29. The number of fused-ring (bicyclic) bond motifs is 1. The van der Waals surface area contributed by atoms with Crippen LogP contribution >= 0.6 is 0 Å². The molecule has 0 aliphatic heterocycles. The Morgan fingerprint density at radius 3 is 2.36 bits per heavy atom. The van der Waals surface area contributed by atoms with Gasteiger partial charge in [0.2, 0.25) is 5.92 Å². The second-order valence-electron chi connectivity index (χ2n) is 12.4. The van der Waals surface area contributed by atoms with Crippen LogP contribution in [0.5, 0.6) is 5.75 Å². The summed E-state index contributed by atoms with van der Waals surface area (Å²) in [5.41, 5.74) is 6.01. The highest BCUT2D eigenvalue weighted by atomic mass is 32.2. The normalized spacial score (nSPS) is 17.8. The van der Waals surface area contributed by atoms with Gasteiger partial charge in [-0.3, -0.25) is 0 Å². The molecule has 0 unspecified atom stereocenters. The molecule has 2 aromatic rings. The molecule has 4 nitrogen and oxygen atoms in total. The van der Waals surface area contributed by atoms with Crippen molar-refractivity contribution in [3.63, 3.8) is 0 Å². The van der Waals surface area contributed by atoms with Crippen molar-refractivity contribution in [2.24, 2.45) is 5.92 Å². The molecule has 8 heteroatoms. The third kappa shape index (κ3) is 9.87. The van der Waals surface area contributed by atoms with Crippen LogP contribution in [0.4, 0.5) is 13.2 Å². The second kappa shape index (κ2) is 14.9. The number of alkyl halides is 2. The summed E-state index contributed by atoms with van der Waals surface area (Å²) >= 11 is 0. The minimum atomic E-state index is -3.22. The molecule has 0 saturated heterocycles. The van der Waals surface area contributed by atoms with Crippen LogP contribution in [-0.2, 0) is 16.3 Å². The molecule has 1 saturated carbocycles. The van der Waals surface area contributed by atoms with Crippen LogP contribution in [0.3, 0.4) is 0 Å². The standard InChI is InChI=1S/C34H46F3NO3S/c1-38(22-7-23-42(40,41)25-26-17-19-34(36,37)20-18-26)21-5-3-2-4-9-33-31(27-11-13-29(35)14-12-27)10-6-8-28-24-30(39)15-16-32(28)33/h11-16,24,26,39H,2-10,17-23,25H2,1H3. The van der Waals surface area contributed by atoms with Crippen molar-refractivity contribution >= 4 is 21.0 Å². The van der Waals surface area contributed by atoms with Gasteiger partial charge in [0.1, 0.15) is 11.6 Å². The van der Waals surface area contributed by atoms with Gasteiger partial charge in [0.25, 0.3) is 0 Å². The van der Waals surface area contributed by atoms with Crippen molar-refractivity contribution in [1.82, 2.24) is 4.90 Å². The number of phenolic OH excluding ortho intramolecular Hbond substituents is 1. The maximum atomic E-state index is 13.6. The Labute approximate surface area is 249 Å². The SMILES string of the molecule is CN(CCCCCCC1=C(c2ccc(F)cc2)CCCc2cc(O)ccc21)CCCS(=O)(=O)CC1CCC(F)(F)CC1. The van der Waals surface area contributed by atoms with Crippen molar-refractivity contribution in [3.8, 4) is 5.75 Å². The van der Waals surface area contributed by atoms with E-state index in [1.165, 1.54) is 34.4 Å². The van der Waals surface area contributed by atoms with Gasteiger partial charge in [0.05, 0.1) is 11.5 Å². The number of halogens is 3. The first-order valence-electron chi connectivity index (χ1n) is 15.6. The quantitative estimate of drug-likeness (QED) is 0.220. The Hall–Kier alpha value is -2.32. The van der Waals surface area contributed by atoms with E-state index in [0.29, 0.717) is 25.8 Å². The number of allylic oxidation sites excluding steroid dienone is 2. The average Bonchev–Trinajstić information content (AvgIpc) is 3.11. The highest BCUT2D eigenvalue weighted by Crippen LogP contribution is 2.40. The summed E-state index contributed by atoms with van der Waals surface area (Å²) in [6.45, 7) is 1.61. The average molecular weight is 606 g/mol. The molecule has 0 radical (unpaired) electrons. The molecule has 42 heavy (non-hydrogen) atoms. The summed E-state index contributed by atoms with van der Waals surface area (Å²) < 4.78 is 65.4. The van der Waals surface area contributed by atoms with E-state index in [2.05, 4.69) is 4.90 Å². The number of benzene rings is 2. The van der Waals surface area contributed by atoms with Crippen LogP contribution in [0, 0.1) is 11.7 Å². The first-order valence-corrected chi connectivity index (χ1v) is 17.4. The van der Waals surface area contributed by atoms with Gasteiger partial charge in [-0.25, -0.2) is 21.6 Å². The summed E-state index contributed by atoms with van der Waals surface area (Å²) in [6.07, 6.45) is 8.75. The molecule has 0 amide bonds. The van der Waals surface area contributed by atoms with E-state index in [-0.39, 0.29) is 41.8 Å². The Morgan fingerprint density at radius 2 is 1.62 bits per heavy atom. The Kier molecular flexibility index (Phi) is 11.6. The Bertz CT molecular complexity index is 1300. The first kappa shape index (κ1) is 32.6. The number of hydrogen-bond donors (Lipinski definition) is 1. The predicted molar refractivity (Wildman–Crippen MR) is 165 cm³/mol. The minimum Gasteiger partial charge on any atom is -0.508 e. The summed E-state index contributed by atoms with van der Waals surface area (Å²) in [5, 5.41) is 10.1. The number of nitrogens with zero attached hydrogens (tertiary/aromatic N) is 1. The van der Waals surface area contributed by atoms with Crippen molar-refractivity contribution in [2.75, 3.05) is 31.6 Å². The van der Waals surface area contributed by atoms with Gasteiger partial charge in [0, 0.05) is 12.8 Å². The second-order valence-corrected chi connectivity index (χ2v) is 14.6. The molecule has 0 bridgehead atoms. The number of aryl methyl sites for hydroxylation is 1. The van der Waals surface area contributed by atoms with Crippen molar-refractivity contribution in [2.45, 2.75) is 89.4 Å². The molecule has 232 valence electrons. The number of sulfone groups is 1. The number of aromatic hydroxyl groups is 1. The largest absolute Gasteiger partial charge is 0.508 e. The fourth-order valence-electron chi connectivity index (χ4n) is 6.52. The van der Waals surface area contributed by atoms with Gasteiger partial charge in [-0.05, 0) is 136 Å². The van der Waals surface area contributed by atoms with Crippen LogP contribution in [-0.4, -0.2) is 56.0 Å². The number of unbranched alkanes of at least 4 members (excludes halogenated alkanes) is 3. The molecule has 1 fully saturated rings. The van der Waals surface area contributed by atoms with E-state index >= 15 is 0 Å². The van der Waals surface area contributed by atoms with Gasteiger partial charge < -0.3 is 10.0 Å². The van der Waals surface area contributed by atoms with Crippen LogP contribution in [0.1, 0.15) is 93.7 Å². The first-order chi connectivity index (χ1) is 20.0. The highest BCUT2D eigenvalue weighted by molar-refractivity contribution is 7.91. The smallest absolute Gasteiger partial charge is 0.248 e. The third-order valence-corrected chi connectivity index (χ3v) is 10.8. The van der Waals surface area contributed by atoms with Gasteiger partial charge in [-0.15, -0.1) is 0 Å². The lowest BCUT2D eigenvalue weighted by molar-refractivity contribution is -0.0435. The molecule has 1 N–H and O–H groups in total. The molecule has 0 spiro atoms. The van der Waals surface area contributed by atoms with E-state index in [0.717, 1.165) is 63.5 Å². The lowest BCUT2D eigenvalue weighted by Gasteiger charge is -2.28. The lowest BCUT2D eigenvalue weighted by Crippen LogP contribution is -2.30. The van der Waals surface area contributed by atoms with E-state index in [9.17, 15) is 26.7 Å². The fourth-order valence-corrected chi connectivity index (χ4v) is 8.31. The van der Waals surface area contributed by atoms with Gasteiger partial charge in [0.15, 0.2) is 9.84 Å². The zero-order valence-corrected chi connectivity index (χ0v) is 25.7. The zero-order valence-electron chi connectivity index (χ0n) is 24.9. The molecule has 4 rings (SSSR count). The minimum absolute atomic E-state index is 0.0394. The summed E-state index contributed by atoms with van der Waals surface area (Å²) in [7, 11) is -1.20.